The highest BCUT2D eigenvalue weighted by atomic mass is 31.2. The number of aliphatic hydroxyl groups excluding tert-OH is 1. The van der Waals surface area contributed by atoms with E-state index >= 15 is 0 Å². The van der Waals surface area contributed by atoms with Crippen LogP contribution in [-0.2, 0) is 65.4 Å². The Morgan fingerprint density at radius 3 is 0.752 bits per heavy atom. The van der Waals surface area contributed by atoms with Gasteiger partial charge in [-0.2, -0.15) is 0 Å². The summed E-state index contributed by atoms with van der Waals surface area (Å²) in [7, 11) is -9.92. The molecule has 0 radical (unpaired) electrons. The molecule has 17 nitrogen and oxygen atoms in total. The molecule has 0 aromatic rings. The van der Waals surface area contributed by atoms with Crippen LogP contribution in [0.2, 0.25) is 0 Å². The molecular formula is C82H160O17P2. The van der Waals surface area contributed by atoms with Crippen molar-refractivity contribution in [2.45, 2.75) is 446 Å². The highest BCUT2D eigenvalue weighted by Crippen LogP contribution is 2.45. The second-order valence-electron chi connectivity index (χ2n) is 30.7. The van der Waals surface area contributed by atoms with Crippen molar-refractivity contribution in [2.75, 3.05) is 39.6 Å². The molecule has 0 aliphatic carbocycles. The molecule has 0 saturated carbocycles. The van der Waals surface area contributed by atoms with Crippen molar-refractivity contribution in [1.82, 2.24) is 0 Å². The molecule has 0 spiro atoms. The fourth-order valence-electron chi connectivity index (χ4n) is 12.6. The summed E-state index contributed by atoms with van der Waals surface area (Å²) in [5.41, 5.74) is 0. The van der Waals surface area contributed by atoms with Crippen molar-refractivity contribution in [3.05, 3.63) is 0 Å². The molecule has 6 atom stereocenters. The predicted molar refractivity (Wildman–Crippen MR) is 414 cm³/mol. The Hall–Kier alpha value is -1.94. The number of hydrogen-bond donors (Lipinski definition) is 3. The number of phosphoric ester groups is 2. The van der Waals surface area contributed by atoms with Gasteiger partial charge in [0, 0.05) is 25.7 Å². The summed E-state index contributed by atoms with van der Waals surface area (Å²) in [6, 6.07) is 0. The van der Waals surface area contributed by atoms with Crippen LogP contribution in [0.25, 0.3) is 0 Å². The van der Waals surface area contributed by atoms with Gasteiger partial charge in [-0.05, 0) is 43.4 Å². The van der Waals surface area contributed by atoms with Crippen molar-refractivity contribution in [1.29, 1.82) is 0 Å². The van der Waals surface area contributed by atoms with Crippen molar-refractivity contribution >= 4 is 39.5 Å². The third kappa shape index (κ3) is 74.7. The minimum atomic E-state index is -4.96. The highest BCUT2D eigenvalue weighted by Gasteiger charge is 2.30. The molecular weight excluding hydrogens is 1320 g/mol. The number of carbonyl (C=O) groups is 4. The molecule has 0 saturated heterocycles. The van der Waals surface area contributed by atoms with Crippen LogP contribution in [0.3, 0.4) is 0 Å². The number of esters is 4. The van der Waals surface area contributed by atoms with E-state index in [9.17, 15) is 43.2 Å². The van der Waals surface area contributed by atoms with Crippen LogP contribution >= 0.6 is 15.6 Å². The number of carbonyl (C=O) groups excluding carboxylic acids is 4. The fourth-order valence-corrected chi connectivity index (χ4v) is 14.2. The second-order valence-corrected chi connectivity index (χ2v) is 33.6. The lowest BCUT2D eigenvalue weighted by Gasteiger charge is -2.21. The lowest BCUT2D eigenvalue weighted by molar-refractivity contribution is -0.161. The lowest BCUT2D eigenvalue weighted by Crippen LogP contribution is -2.30. The van der Waals surface area contributed by atoms with Gasteiger partial charge in [0.2, 0.25) is 0 Å². The molecule has 600 valence electrons. The van der Waals surface area contributed by atoms with Crippen molar-refractivity contribution < 1.29 is 80.2 Å². The quantitative estimate of drug-likeness (QED) is 0.0222. The summed E-state index contributed by atoms with van der Waals surface area (Å²) < 4.78 is 68.7. The Morgan fingerprint density at radius 2 is 0.505 bits per heavy atom. The van der Waals surface area contributed by atoms with Gasteiger partial charge in [0.05, 0.1) is 26.4 Å². The number of phosphoric acid groups is 2. The van der Waals surface area contributed by atoms with E-state index in [0.717, 1.165) is 108 Å². The second kappa shape index (κ2) is 72.3. The summed E-state index contributed by atoms with van der Waals surface area (Å²) in [6.45, 7) is 12.0. The lowest BCUT2D eigenvalue weighted by atomic mass is 9.99. The van der Waals surface area contributed by atoms with Gasteiger partial charge >= 0.3 is 39.5 Å². The van der Waals surface area contributed by atoms with Gasteiger partial charge < -0.3 is 33.8 Å². The Kier molecular flexibility index (Phi) is 70.9. The van der Waals surface area contributed by atoms with Gasteiger partial charge in [-0.25, -0.2) is 9.13 Å². The molecule has 0 rings (SSSR count). The van der Waals surface area contributed by atoms with Gasteiger partial charge in [0.1, 0.15) is 19.3 Å². The third-order valence-electron chi connectivity index (χ3n) is 19.5. The molecule has 0 aromatic heterocycles. The van der Waals surface area contributed by atoms with Crippen LogP contribution in [0.1, 0.15) is 427 Å². The molecule has 3 unspecified atom stereocenters. The van der Waals surface area contributed by atoms with Crippen LogP contribution in [0.4, 0.5) is 0 Å². The largest absolute Gasteiger partial charge is 0.472 e. The Labute approximate surface area is 619 Å². The standard InChI is InChI=1S/C82H160O17P2/c1-8-10-11-12-13-14-15-22-26-35-42-49-56-63-79(84)92-69-78(99-82(87)66-59-52-45-38-31-29-33-40-47-54-61-74(5)6)72-97-101(90,91)95-68-76(83)67-94-100(88,89)96-71-77(70-93-80(85)64-57-50-43-36-30-28-32-39-46-53-60-73(3)4)98-81(86)65-58-51-44-37-27-24-21-19-17-16-18-20-23-25-34-41-48-55-62-75(7)9-2/h73-78,83H,8-72H2,1-7H3,(H,88,89)(H,90,91)/t75?,76-,77-,78-/m1/s1. The minimum Gasteiger partial charge on any atom is -0.462 e. The molecule has 19 heteroatoms. The number of hydrogen-bond acceptors (Lipinski definition) is 15. The Morgan fingerprint density at radius 1 is 0.287 bits per heavy atom. The van der Waals surface area contributed by atoms with E-state index < -0.39 is 97.5 Å². The number of unbranched alkanes of at least 4 members (excludes halogenated alkanes) is 47. The van der Waals surface area contributed by atoms with E-state index in [2.05, 4.69) is 48.5 Å². The first-order valence-corrected chi connectivity index (χ1v) is 45.4. The van der Waals surface area contributed by atoms with Crippen LogP contribution in [0, 0.1) is 17.8 Å². The smallest absolute Gasteiger partial charge is 0.462 e. The van der Waals surface area contributed by atoms with E-state index in [1.165, 1.54) is 238 Å². The molecule has 0 heterocycles. The van der Waals surface area contributed by atoms with Gasteiger partial charge in [-0.3, -0.25) is 37.3 Å². The first-order valence-electron chi connectivity index (χ1n) is 42.4. The number of rotatable bonds is 80. The number of ether oxygens (including phenoxy) is 4. The van der Waals surface area contributed by atoms with Gasteiger partial charge in [-0.15, -0.1) is 0 Å². The van der Waals surface area contributed by atoms with Gasteiger partial charge in [0.25, 0.3) is 0 Å². The summed E-state index contributed by atoms with van der Waals surface area (Å²) >= 11 is 0. The molecule has 0 aromatic carbocycles. The maximum absolute atomic E-state index is 13.1. The average Bonchev–Trinajstić information content (AvgIpc) is 0.932. The minimum absolute atomic E-state index is 0.106. The molecule has 0 amide bonds. The van der Waals surface area contributed by atoms with Crippen LogP contribution < -0.4 is 0 Å². The zero-order valence-electron chi connectivity index (χ0n) is 66.4. The first kappa shape index (κ1) is 99.1. The third-order valence-corrected chi connectivity index (χ3v) is 21.4. The number of aliphatic hydroxyl groups is 1. The van der Waals surface area contributed by atoms with E-state index in [0.29, 0.717) is 25.7 Å². The van der Waals surface area contributed by atoms with Crippen LogP contribution in [0.15, 0.2) is 0 Å². The summed E-state index contributed by atoms with van der Waals surface area (Å²) in [5, 5.41) is 10.6. The van der Waals surface area contributed by atoms with E-state index in [4.69, 9.17) is 37.0 Å². The van der Waals surface area contributed by atoms with Crippen LogP contribution in [0.5, 0.6) is 0 Å². The van der Waals surface area contributed by atoms with Gasteiger partial charge in [-0.1, -0.05) is 376 Å². The molecule has 101 heavy (non-hydrogen) atoms. The molecule has 0 aliphatic heterocycles. The molecule has 0 bridgehead atoms. The zero-order chi connectivity index (χ0) is 74.4. The summed E-state index contributed by atoms with van der Waals surface area (Å²) in [5.74, 6) is 0.272. The molecule has 3 N–H and O–H groups in total. The molecule has 0 fully saturated rings. The van der Waals surface area contributed by atoms with E-state index in [1.807, 2.05) is 0 Å². The van der Waals surface area contributed by atoms with Crippen molar-refractivity contribution in [3.8, 4) is 0 Å². The summed E-state index contributed by atoms with van der Waals surface area (Å²) in [6.07, 6.45) is 61.0. The van der Waals surface area contributed by atoms with Crippen LogP contribution in [-0.4, -0.2) is 96.7 Å². The van der Waals surface area contributed by atoms with Crippen molar-refractivity contribution in [2.24, 2.45) is 17.8 Å². The maximum Gasteiger partial charge on any atom is 0.472 e. The Bertz CT molecular complexity index is 1960. The highest BCUT2D eigenvalue weighted by molar-refractivity contribution is 7.47. The zero-order valence-corrected chi connectivity index (χ0v) is 68.2. The normalized spacial score (nSPS) is 14.2. The predicted octanol–water partition coefficient (Wildman–Crippen LogP) is 24.5. The van der Waals surface area contributed by atoms with Crippen molar-refractivity contribution in [3.63, 3.8) is 0 Å². The summed E-state index contributed by atoms with van der Waals surface area (Å²) in [4.78, 5) is 73.1. The topological polar surface area (TPSA) is 237 Å². The first-order chi connectivity index (χ1) is 48.8. The monoisotopic (exact) mass is 1480 g/mol. The average molecular weight is 1480 g/mol. The fraction of sp³-hybridized carbons (Fsp3) is 0.951. The maximum atomic E-state index is 13.1. The van der Waals surface area contributed by atoms with Gasteiger partial charge in [0.15, 0.2) is 12.2 Å². The molecule has 0 aliphatic rings. The van der Waals surface area contributed by atoms with E-state index in [-0.39, 0.29) is 25.7 Å². The Balaban J connectivity index is 5.22. The SMILES string of the molecule is CCCCCCCCCCCCCCCC(=O)OC[C@H](COP(=O)(O)OC[C@H](O)COP(=O)(O)OC[C@@H](COC(=O)CCCCCCCCCCCCC(C)C)OC(=O)CCCCCCCCCCCCCCCCCCCCC(C)CC)OC(=O)CCCCCCCCCCCCC(C)C. The van der Waals surface area contributed by atoms with E-state index in [1.54, 1.807) is 0 Å².